The van der Waals surface area contributed by atoms with E-state index in [9.17, 15) is 4.79 Å². The zero-order valence-corrected chi connectivity index (χ0v) is 16.1. The van der Waals surface area contributed by atoms with Gasteiger partial charge in [-0.05, 0) is 25.0 Å². The lowest BCUT2D eigenvalue weighted by Gasteiger charge is -2.29. The van der Waals surface area contributed by atoms with Gasteiger partial charge in [0, 0.05) is 23.8 Å². The number of nitrogens with two attached hydrogens (primary N) is 2. The molecule has 1 aliphatic rings. The summed E-state index contributed by atoms with van der Waals surface area (Å²) in [6.45, 7) is 0. The van der Waals surface area contributed by atoms with Gasteiger partial charge in [0.1, 0.15) is 5.82 Å². The minimum Gasteiger partial charge on any atom is -0.493 e. The van der Waals surface area contributed by atoms with Crippen molar-refractivity contribution >= 4 is 23.2 Å². The van der Waals surface area contributed by atoms with Gasteiger partial charge in [0.05, 0.1) is 20.4 Å². The van der Waals surface area contributed by atoms with Crippen molar-refractivity contribution in [3.63, 3.8) is 0 Å². The second-order valence-electron chi connectivity index (χ2n) is 6.71. The fourth-order valence-corrected chi connectivity index (χ4v) is 3.31. The summed E-state index contributed by atoms with van der Waals surface area (Å²) in [5.74, 6) is 1.26. The van der Waals surface area contributed by atoms with Crippen LogP contribution in [0.3, 0.4) is 0 Å². The highest BCUT2D eigenvalue weighted by molar-refractivity contribution is 5.96. The molecule has 2 aromatic rings. The molecule has 6 N–H and O–H groups in total. The molecule has 9 nitrogen and oxygen atoms in total. The van der Waals surface area contributed by atoms with E-state index in [0.717, 1.165) is 25.7 Å². The Bertz CT molecular complexity index is 844. The Balaban J connectivity index is 1.86. The van der Waals surface area contributed by atoms with Crippen LogP contribution in [0.25, 0.3) is 0 Å². The molecule has 1 heterocycles. The summed E-state index contributed by atoms with van der Waals surface area (Å²) < 4.78 is 10.5. The van der Waals surface area contributed by atoms with E-state index in [1.54, 1.807) is 32.4 Å². The summed E-state index contributed by atoms with van der Waals surface area (Å²) in [7, 11) is 3.11. The maximum atomic E-state index is 11.8. The summed E-state index contributed by atoms with van der Waals surface area (Å²) in [5, 5.41) is 6.42. The number of nitrogens with zero attached hydrogens (tertiary/aromatic N) is 2. The van der Waals surface area contributed by atoms with Crippen molar-refractivity contribution in [2.24, 2.45) is 11.5 Å². The fourth-order valence-electron chi connectivity index (χ4n) is 3.31. The van der Waals surface area contributed by atoms with Crippen LogP contribution < -0.4 is 31.6 Å². The Labute approximate surface area is 163 Å². The van der Waals surface area contributed by atoms with Gasteiger partial charge in [-0.1, -0.05) is 12.8 Å². The summed E-state index contributed by atoms with van der Waals surface area (Å²) in [4.78, 5) is 20.5. The number of primary amides is 1. The number of hydrogen-bond donors (Lipinski definition) is 4. The highest BCUT2D eigenvalue weighted by Crippen LogP contribution is 2.31. The average molecular weight is 386 g/mol. The molecule has 1 aromatic carbocycles. The van der Waals surface area contributed by atoms with Gasteiger partial charge >= 0.3 is 0 Å². The molecule has 28 heavy (non-hydrogen) atoms. The SMILES string of the molecule is COc1ccc(Nc2nc(N[C@@H]3CCCC[C@@H]3N)cnc2C(N)=O)cc1OC. The van der Waals surface area contributed by atoms with Gasteiger partial charge in [0.25, 0.3) is 5.91 Å². The molecule has 3 rings (SSSR count). The quantitative estimate of drug-likeness (QED) is 0.567. The van der Waals surface area contributed by atoms with Crippen LogP contribution in [-0.2, 0) is 0 Å². The number of amides is 1. The topological polar surface area (TPSA) is 137 Å². The number of ether oxygens (including phenoxy) is 2. The first-order valence-corrected chi connectivity index (χ1v) is 9.20. The lowest BCUT2D eigenvalue weighted by molar-refractivity contribution is 0.0996. The molecule has 1 fully saturated rings. The predicted molar refractivity (Wildman–Crippen MR) is 107 cm³/mol. The first-order valence-electron chi connectivity index (χ1n) is 9.20. The molecule has 0 bridgehead atoms. The van der Waals surface area contributed by atoms with Gasteiger partial charge in [-0.2, -0.15) is 0 Å². The first-order chi connectivity index (χ1) is 13.5. The monoisotopic (exact) mass is 386 g/mol. The first kappa shape index (κ1) is 19.7. The van der Waals surface area contributed by atoms with E-state index in [2.05, 4.69) is 20.6 Å². The number of rotatable bonds is 7. The molecule has 2 atom stereocenters. The van der Waals surface area contributed by atoms with E-state index in [1.165, 1.54) is 6.20 Å². The zero-order chi connectivity index (χ0) is 20.1. The molecule has 0 aliphatic heterocycles. The van der Waals surface area contributed by atoms with Gasteiger partial charge in [0.15, 0.2) is 23.0 Å². The smallest absolute Gasteiger partial charge is 0.271 e. The molecule has 0 spiro atoms. The molecule has 0 saturated heterocycles. The van der Waals surface area contributed by atoms with Crippen molar-refractivity contribution in [1.29, 1.82) is 0 Å². The van der Waals surface area contributed by atoms with Gasteiger partial charge in [-0.3, -0.25) is 4.79 Å². The molecule has 1 aliphatic carbocycles. The Hall–Kier alpha value is -3.07. The predicted octanol–water partition coefficient (Wildman–Crippen LogP) is 2.02. The van der Waals surface area contributed by atoms with Crippen molar-refractivity contribution < 1.29 is 14.3 Å². The van der Waals surface area contributed by atoms with Crippen molar-refractivity contribution in [3.8, 4) is 11.5 Å². The lowest BCUT2D eigenvalue weighted by Crippen LogP contribution is -2.42. The average Bonchev–Trinajstić information content (AvgIpc) is 2.69. The Morgan fingerprint density at radius 1 is 1.18 bits per heavy atom. The molecular weight excluding hydrogens is 360 g/mol. The maximum absolute atomic E-state index is 11.8. The second kappa shape index (κ2) is 8.75. The highest BCUT2D eigenvalue weighted by atomic mass is 16.5. The summed E-state index contributed by atoms with van der Waals surface area (Å²) in [5.41, 5.74) is 12.4. The minimum atomic E-state index is -0.670. The molecule has 9 heteroatoms. The van der Waals surface area contributed by atoms with Crippen LogP contribution in [0.4, 0.5) is 17.3 Å². The number of carbonyl (C=O) groups excluding carboxylic acids is 1. The Kier molecular flexibility index (Phi) is 6.15. The number of aromatic nitrogens is 2. The molecule has 0 radical (unpaired) electrons. The van der Waals surface area contributed by atoms with Crippen molar-refractivity contribution in [1.82, 2.24) is 9.97 Å². The minimum absolute atomic E-state index is 0.0493. The van der Waals surface area contributed by atoms with Gasteiger partial charge in [-0.25, -0.2) is 9.97 Å². The fraction of sp³-hybridized carbons (Fsp3) is 0.421. The molecule has 0 unspecified atom stereocenters. The molecule has 1 amide bonds. The number of benzene rings is 1. The van der Waals surface area contributed by atoms with Gasteiger partial charge in [-0.15, -0.1) is 0 Å². The van der Waals surface area contributed by atoms with Gasteiger partial charge < -0.3 is 31.6 Å². The van der Waals surface area contributed by atoms with Crippen LogP contribution >= 0.6 is 0 Å². The summed E-state index contributed by atoms with van der Waals surface area (Å²) in [6.07, 6.45) is 5.70. The second-order valence-corrected chi connectivity index (χ2v) is 6.71. The number of methoxy groups -OCH3 is 2. The van der Waals surface area contributed by atoms with Crippen molar-refractivity contribution in [3.05, 3.63) is 30.1 Å². The van der Waals surface area contributed by atoms with E-state index < -0.39 is 5.91 Å². The Morgan fingerprint density at radius 2 is 1.93 bits per heavy atom. The number of hydrogen-bond acceptors (Lipinski definition) is 8. The number of nitrogens with one attached hydrogen (secondary N) is 2. The van der Waals surface area contributed by atoms with Crippen LogP contribution in [-0.4, -0.2) is 42.2 Å². The largest absolute Gasteiger partial charge is 0.493 e. The van der Waals surface area contributed by atoms with E-state index in [1.807, 2.05) is 0 Å². The van der Waals surface area contributed by atoms with E-state index in [-0.39, 0.29) is 23.6 Å². The normalized spacial score (nSPS) is 19.0. The maximum Gasteiger partial charge on any atom is 0.271 e. The summed E-state index contributed by atoms with van der Waals surface area (Å²) in [6, 6.07) is 5.46. The van der Waals surface area contributed by atoms with Crippen LogP contribution in [0.5, 0.6) is 11.5 Å². The van der Waals surface area contributed by atoms with Gasteiger partial charge in [0.2, 0.25) is 0 Å². The molecular formula is C19H26N6O3. The van der Waals surface area contributed by atoms with Crippen LogP contribution in [0.2, 0.25) is 0 Å². The van der Waals surface area contributed by atoms with Crippen LogP contribution in [0, 0.1) is 0 Å². The molecule has 1 saturated carbocycles. The summed E-state index contributed by atoms with van der Waals surface area (Å²) >= 11 is 0. The third-order valence-electron chi connectivity index (χ3n) is 4.80. The van der Waals surface area contributed by atoms with Crippen LogP contribution in [0.1, 0.15) is 36.2 Å². The van der Waals surface area contributed by atoms with Crippen molar-refractivity contribution in [2.75, 3.05) is 24.9 Å². The Morgan fingerprint density at radius 3 is 2.61 bits per heavy atom. The third-order valence-corrected chi connectivity index (χ3v) is 4.80. The standard InChI is InChI=1S/C19H26N6O3/c1-27-14-8-7-11(9-15(14)28-2)23-19-17(18(21)26)22-10-16(25-19)24-13-6-4-3-5-12(13)20/h7-10,12-13H,3-6,20H2,1-2H3,(H2,21,26)(H2,23,24,25)/t12-,13+/m0/s1. The highest BCUT2D eigenvalue weighted by Gasteiger charge is 2.23. The van der Waals surface area contributed by atoms with E-state index in [0.29, 0.717) is 23.0 Å². The lowest BCUT2D eigenvalue weighted by atomic mass is 9.91. The van der Waals surface area contributed by atoms with Crippen molar-refractivity contribution in [2.45, 2.75) is 37.8 Å². The molecule has 150 valence electrons. The van der Waals surface area contributed by atoms with E-state index >= 15 is 0 Å². The molecule has 1 aromatic heterocycles. The zero-order valence-electron chi connectivity index (χ0n) is 16.1. The third kappa shape index (κ3) is 4.42. The number of carbonyl (C=O) groups is 1. The van der Waals surface area contributed by atoms with Crippen LogP contribution in [0.15, 0.2) is 24.4 Å². The number of anilines is 3. The van der Waals surface area contributed by atoms with E-state index in [4.69, 9.17) is 20.9 Å².